The van der Waals surface area contributed by atoms with Crippen LogP contribution in [0.15, 0.2) is 78.9 Å². The number of fused-ring (bicyclic) bond motifs is 6. The quantitative estimate of drug-likeness (QED) is 0.0979. The highest BCUT2D eigenvalue weighted by Crippen LogP contribution is 2.68. The molecule has 6 heterocycles. The van der Waals surface area contributed by atoms with E-state index >= 15 is 4.79 Å². The maximum absolute atomic E-state index is 15.6. The molecule has 356 valence electrons. The summed E-state index contributed by atoms with van der Waals surface area (Å²) < 4.78 is 31.0. The number of nitrogens with one attached hydrogen (secondary N) is 1. The summed E-state index contributed by atoms with van der Waals surface area (Å²) in [5, 5.41) is 26.9. The van der Waals surface area contributed by atoms with Crippen LogP contribution in [0.3, 0.4) is 0 Å². The number of esters is 3. The third kappa shape index (κ3) is 6.56. The number of piperidine rings is 1. The van der Waals surface area contributed by atoms with Gasteiger partial charge in [0.1, 0.15) is 17.9 Å². The van der Waals surface area contributed by atoms with Crippen LogP contribution < -0.4 is 9.64 Å². The van der Waals surface area contributed by atoms with Crippen molar-refractivity contribution in [2.75, 3.05) is 65.7 Å². The van der Waals surface area contributed by atoms with Gasteiger partial charge < -0.3 is 43.8 Å². The lowest BCUT2D eigenvalue weighted by Crippen LogP contribution is -2.81. The molecule has 5 aliphatic heterocycles. The van der Waals surface area contributed by atoms with Gasteiger partial charge in [0.2, 0.25) is 5.60 Å². The summed E-state index contributed by atoms with van der Waals surface area (Å²) >= 11 is 0. The molecule has 10 rings (SSSR count). The Kier molecular flexibility index (Phi) is 11.4. The molecule has 6 aliphatic rings. The number of hydrogen-bond acceptors (Lipinski definition) is 13. The summed E-state index contributed by atoms with van der Waals surface area (Å²) in [6.07, 6.45) is 5.65. The molecule has 4 aromatic rings. The van der Waals surface area contributed by atoms with E-state index in [4.69, 9.17) is 23.7 Å². The first kappa shape index (κ1) is 45.5. The number of hydrogen-bond donors (Lipinski definition) is 3. The minimum Gasteiger partial charge on any atom is -0.496 e. The second-order valence-electron chi connectivity index (χ2n) is 20.0. The standard InChI is InChI=1S/C53H64N4O10/c1-7-49(61)27-35-28-52(47(59)64-5,43-37(19-23-55(29-35)31-49)36-17-12-13-18-40(36)54-43)39-25-38-41(26-42(39)63-4)57(32-66-30-34-15-10-9-11-16-34)45-51(38)21-24-56-22-14-20-50(8-2,44(51)56)46(67-33(3)58)53(45,62)48(60)65-6/h9-18,20,25-26,35,44-46,54,61-62H,7-8,19,21-24,27-32H2,1-6H3. The molecule has 1 saturated carbocycles. The van der Waals surface area contributed by atoms with Crippen molar-refractivity contribution in [2.45, 2.75) is 106 Å². The predicted molar refractivity (Wildman–Crippen MR) is 251 cm³/mol. The Morgan fingerprint density at radius 3 is 2.36 bits per heavy atom. The Labute approximate surface area is 392 Å². The van der Waals surface area contributed by atoms with Crippen molar-refractivity contribution in [1.82, 2.24) is 14.8 Å². The van der Waals surface area contributed by atoms with Crippen LogP contribution in [0.5, 0.6) is 5.75 Å². The summed E-state index contributed by atoms with van der Waals surface area (Å²) in [6, 6.07) is 20.5. The van der Waals surface area contributed by atoms with E-state index in [0.717, 1.165) is 33.3 Å². The zero-order chi connectivity index (χ0) is 47.1. The summed E-state index contributed by atoms with van der Waals surface area (Å²) in [5.41, 5.74) is -1.33. The number of aromatic amines is 1. The number of benzene rings is 3. The molecule has 2 saturated heterocycles. The van der Waals surface area contributed by atoms with Gasteiger partial charge >= 0.3 is 17.9 Å². The molecule has 3 aromatic carbocycles. The van der Waals surface area contributed by atoms with E-state index < -0.39 is 63.5 Å². The first-order chi connectivity index (χ1) is 32.3. The summed E-state index contributed by atoms with van der Waals surface area (Å²) in [7, 11) is 4.28. The maximum atomic E-state index is 15.6. The van der Waals surface area contributed by atoms with E-state index in [1.165, 1.54) is 21.1 Å². The van der Waals surface area contributed by atoms with Crippen LogP contribution in [0.1, 0.15) is 80.8 Å². The van der Waals surface area contributed by atoms with E-state index in [1.54, 1.807) is 7.11 Å². The molecule has 0 radical (unpaired) electrons. The Bertz CT molecular complexity index is 2620. The number of carbonyl (C=O) groups is 3. The fourth-order valence-corrected chi connectivity index (χ4v) is 14.3. The number of aromatic nitrogens is 1. The maximum Gasteiger partial charge on any atom is 0.344 e. The Hall–Kier alpha value is -5.25. The summed E-state index contributed by atoms with van der Waals surface area (Å²) in [5.74, 6) is -1.74. The van der Waals surface area contributed by atoms with Crippen molar-refractivity contribution < 1.29 is 48.3 Å². The van der Waals surface area contributed by atoms with E-state index in [0.29, 0.717) is 88.2 Å². The van der Waals surface area contributed by atoms with Crippen molar-refractivity contribution in [1.29, 1.82) is 0 Å². The molecule has 14 heteroatoms. The van der Waals surface area contributed by atoms with E-state index in [-0.39, 0.29) is 19.3 Å². The van der Waals surface area contributed by atoms with Crippen molar-refractivity contribution in [2.24, 2.45) is 11.3 Å². The van der Waals surface area contributed by atoms with Crippen LogP contribution in [-0.4, -0.2) is 133 Å². The second-order valence-corrected chi connectivity index (χ2v) is 20.0. The minimum atomic E-state index is -2.42. The van der Waals surface area contributed by atoms with Gasteiger partial charge in [-0.1, -0.05) is 74.5 Å². The third-order valence-corrected chi connectivity index (χ3v) is 16.8. The second kappa shape index (κ2) is 16.8. The molecule has 67 heavy (non-hydrogen) atoms. The lowest BCUT2D eigenvalue weighted by Gasteiger charge is -2.63. The number of rotatable bonds is 11. The number of ether oxygens (including phenoxy) is 5. The number of anilines is 1. The molecule has 3 N–H and O–H groups in total. The molecule has 0 amide bonds. The summed E-state index contributed by atoms with van der Waals surface area (Å²) in [4.78, 5) is 54.2. The van der Waals surface area contributed by atoms with Crippen molar-refractivity contribution in [3.63, 3.8) is 0 Å². The van der Waals surface area contributed by atoms with Crippen LogP contribution in [0.25, 0.3) is 10.9 Å². The zero-order valence-corrected chi connectivity index (χ0v) is 39.5. The van der Waals surface area contributed by atoms with Gasteiger partial charge in [0, 0.05) is 83.9 Å². The first-order valence-corrected chi connectivity index (χ1v) is 23.9. The number of methoxy groups -OCH3 is 3. The van der Waals surface area contributed by atoms with Gasteiger partial charge in [-0.15, -0.1) is 0 Å². The number of para-hydroxylation sites is 1. The molecule has 14 nitrogen and oxygen atoms in total. The first-order valence-electron chi connectivity index (χ1n) is 23.9. The lowest BCUT2D eigenvalue weighted by atomic mass is 9.47. The van der Waals surface area contributed by atoms with Gasteiger partial charge in [-0.05, 0) is 79.8 Å². The number of carbonyl (C=O) groups excluding carboxylic acids is 3. The van der Waals surface area contributed by atoms with Gasteiger partial charge in [-0.25, -0.2) is 4.79 Å². The van der Waals surface area contributed by atoms with E-state index in [2.05, 4.69) is 33.0 Å². The molecule has 1 spiro atoms. The SMILES string of the molecule is CCC1(O)CC2CN(CCc3c([nH]c4ccccc34)C(C(=O)OC)(c3cc4c(cc3OC)N(COCc3ccccc3)C3C(O)(C(=O)OC)C(OC(C)=O)C5(CC)C=CCN6CCC43C65)C2)C1. The van der Waals surface area contributed by atoms with Crippen LogP contribution in [0.4, 0.5) is 5.69 Å². The molecule has 10 atom stereocenters. The normalized spacial score (nSPS) is 33.9. The van der Waals surface area contributed by atoms with Gasteiger partial charge in [-0.2, -0.15) is 0 Å². The smallest absolute Gasteiger partial charge is 0.344 e. The van der Waals surface area contributed by atoms with Crippen molar-refractivity contribution >= 4 is 34.5 Å². The molecular weight excluding hydrogens is 853 g/mol. The Balaban J connectivity index is 1.28. The molecular formula is C53H64N4O10. The van der Waals surface area contributed by atoms with Crippen LogP contribution in [-0.2, 0) is 57.2 Å². The van der Waals surface area contributed by atoms with Crippen LogP contribution in [0, 0.1) is 11.3 Å². The number of nitrogens with zero attached hydrogens (tertiary/aromatic N) is 3. The van der Waals surface area contributed by atoms with Gasteiger partial charge in [0.25, 0.3) is 0 Å². The van der Waals surface area contributed by atoms with Crippen LogP contribution >= 0.6 is 0 Å². The zero-order valence-electron chi connectivity index (χ0n) is 39.5. The fourth-order valence-electron chi connectivity index (χ4n) is 14.3. The monoisotopic (exact) mass is 916 g/mol. The molecule has 1 aliphatic carbocycles. The predicted octanol–water partition coefficient (Wildman–Crippen LogP) is 5.54. The average Bonchev–Trinajstić information content (AvgIpc) is 4.01. The Morgan fingerprint density at radius 1 is 0.881 bits per heavy atom. The fraction of sp³-hybridized carbons (Fsp3) is 0.528. The summed E-state index contributed by atoms with van der Waals surface area (Å²) in [6.45, 7) is 8.64. The minimum absolute atomic E-state index is 0.0631. The number of aliphatic hydroxyl groups is 2. The Morgan fingerprint density at radius 2 is 1.64 bits per heavy atom. The van der Waals surface area contributed by atoms with Crippen molar-refractivity contribution in [3.8, 4) is 5.75 Å². The topological polar surface area (TPSA) is 163 Å². The highest BCUT2D eigenvalue weighted by molar-refractivity contribution is 5.95. The number of H-pyrrole nitrogens is 1. The van der Waals surface area contributed by atoms with Crippen LogP contribution in [0.2, 0.25) is 0 Å². The molecule has 2 bridgehead atoms. The molecule has 3 fully saturated rings. The molecule has 1 aromatic heterocycles. The van der Waals surface area contributed by atoms with Gasteiger partial charge in [0.05, 0.1) is 39.6 Å². The largest absolute Gasteiger partial charge is 0.496 e. The highest BCUT2D eigenvalue weighted by Gasteiger charge is 2.81. The van der Waals surface area contributed by atoms with Gasteiger partial charge in [0.15, 0.2) is 6.10 Å². The third-order valence-electron chi connectivity index (χ3n) is 16.8. The lowest BCUT2D eigenvalue weighted by molar-refractivity contribution is -0.229. The van der Waals surface area contributed by atoms with E-state index in [9.17, 15) is 19.8 Å². The average molecular weight is 917 g/mol. The highest BCUT2D eigenvalue weighted by atomic mass is 16.6. The van der Waals surface area contributed by atoms with Gasteiger partial charge in [-0.3, -0.25) is 19.4 Å². The van der Waals surface area contributed by atoms with E-state index in [1.807, 2.05) is 79.4 Å². The van der Waals surface area contributed by atoms with Crippen molar-refractivity contribution in [3.05, 3.63) is 107 Å². The molecule has 10 unspecified atom stereocenters.